The van der Waals surface area contributed by atoms with Gasteiger partial charge in [-0.25, -0.2) is 4.79 Å². The molecule has 4 heteroatoms. The highest BCUT2D eigenvalue weighted by molar-refractivity contribution is 5.86. The van der Waals surface area contributed by atoms with E-state index in [-0.39, 0.29) is 5.97 Å². The molecule has 0 amide bonds. The highest BCUT2D eigenvalue weighted by atomic mass is 16.5. The number of esters is 1. The molecule has 0 heterocycles. The minimum absolute atomic E-state index is 0.350. The van der Waals surface area contributed by atoms with E-state index < -0.39 is 5.54 Å². The van der Waals surface area contributed by atoms with E-state index >= 15 is 0 Å². The lowest BCUT2D eigenvalue weighted by molar-refractivity contribution is -0.146. The maximum atomic E-state index is 13.1. The van der Waals surface area contributed by atoms with Crippen molar-refractivity contribution in [1.82, 2.24) is 0 Å². The first-order chi connectivity index (χ1) is 14.2. The van der Waals surface area contributed by atoms with Crippen LogP contribution in [-0.2, 0) is 15.1 Å². The number of carbonyl (C=O) groups excluding carboxylic acids is 1. The lowest BCUT2D eigenvalue weighted by atomic mass is 9.85. The fourth-order valence-corrected chi connectivity index (χ4v) is 3.25. The molecular weight excluding hydrogens is 362 g/mol. The van der Waals surface area contributed by atoms with Crippen LogP contribution in [0.3, 0.4) is 0 Å². The van der Waals surface area contributed by atoms with Crippen LogP contribution in [0.1, 0.15) is 17.5 Å². The normalized spacial score (nSPS) is 12.9. The maximum Gasteiger partial charge on any atom is 0.336 e. The van der Waals surface area contributed by atoms with Crippen LogP contribution in [0, 0.1) is 0 Å². The lowest BCUT2D eigenvalue weighted by Gasteiger charge is -2.33. The average Bonchev–Trinajstić information content (AvgIpc) is 2.79. The average molecular weight is 387 g/mol. The number of hydrogen-bond donors (Lipinski definition) is 1. The molecule has 0 aliphatic carbocycles. The summed E-state index contributed by atoms with van der Waals surface area (Å²) in [6.07, 6.45) is 4.43. The molecule has 0 aliphatic rings. The zero-order chi connectivity index (χ0) is 20.5. The van der Waals surface area contributed by atoms with Gasteiger partial charge < -0.3 is 14.8 Å². The molecule has 29 heavy (non-hydrogen) atoms. The minimum atomic E-state index is -1.06. The molecule has 0 unspecified atom stereocenters. The van der Waals surface area contributed by atoms with Gasteiger partial charge in [-0.15, -0.1) is 0 Å². The van der Waals surface area contributed by atoms with Crippen molar-refractivity contribution in [2.45, 2.75) is 12.0 Å². The van der Waals surface area contributed by atoms with Gasteiger partial charge in [0.05, 0.1) is 14.2 Å². The fraction of sp³-hybridized carbons (Fsp3) is 0.160. The first-order valence-electron chi connectivity index (χ1n) is 9.46. The second kappa shape index (κ2) is 9.60. The molecular formula is C25H25NO3. The molecule has 3 rings (SSSR count). The predicted molar refractivity (Wildman–Crippen MR) is 117 cm³/mol. The summed E-state index contributed by atoms with van der Waals surface area (Å²) in [6.45, 7) is 0. The number of rotatable bonds is 8. The number of carbonyl (C=O) groups is 1. The second-order valence-corrected chi connectivity index (χ2v) is 6.63. The van der Waals surface area contributed by atoms with Gasteiger partial charge in [-0.05, 0) is 35.4 Å². The van der Waals surface area contributed by atoms with Crippen LogP contribution in [-0.4, -0.2) is 20.2 Å². The molecule has 0 aliphatic heterocycles. The van der Waals surface area contributed by atoms with E-state index in [0.29, 0.717) is 6.42 Å². The van der Waals surface area contributed by atoms with Gasteiger partial charge in [0.25, 0.3) is 0 Å². The Morgan fingerprint density at radius 3 is 2.10 bits per heavy atom. The molecule has 148 valence electrons. The van der Waals surface area contributed by atoms with Gasteiger partial charge in [0.1, 0.15) is 5.75 Å². The monoisotopic (exact) mass is 387 g/mol. The molecule has 0 saturated heterocycles. The smallest absolute Gasteiger partial charge is 0.336 e. The minimum Gasteiger partial charge on any atom is -0.497 e. The molecule has 1 atom stereocenters. The van der Waals surface area contributed by atoms with Crippen LogP contribution in [0.25, 0.3) is 6.08 Å². The first-order valence-corrected chi connectivity index (χ1v) is 9.46. The Labute approximate surface area is 171 Å². The van der Waals surface area contributed by atoms with Gasteiger partial charge >= 0.3 is 5.97 Å². The number of ether oxygens (including phenoxy) is 2. The van der Waals surface area contributed by atoms with Crippen LogP contribution in [0.4, 0.5) is 5.69 Å². The van der Waals surface area contributed by atoms with Crippen molar-refractivity contribution in [3.05, 3.63) is 102 Å². The number of hydrogen-bond acceptors (Lipinski definition) is 4. The van der Waals surface area contributed by atoms with E-state index in [4.69, 9.17) is 9.47 Å². The van der Waals surface area contributed by atoms with Gasteiger partial charge in [0.2, 0.25) is 0 Å². The van der Waals surface area contributed by atoms with E-state index in [2.05, 4.69) is 5.32 Å². The zero-order valence-electron chi connectivity index (χ0n) is 16.7. The van der Waals surface area contributed by atoms with Crippen LogP contribution in [0.5, 0.6) is 5.75 Å². The van der Waals surface area contributed by atoms with Gasteiger partial charge in [-0.1, -0.05) is 72.8 Å². The van der Waals surface area contributed by atoms with Gasteiger partial charge in [0.15, 0.2) is 5.54 Å². The Kier molecular flexibility index (Phi) is 6.69. The van der Waals surface area contributed by atoms with Crippen LogP contribution < -0.4 is 10.1 Å². The van der Waals surface area contributed by atoms with Crippen molar-refractivity contribution in [3.63, 3.8) is 0 Å². The molecule has 0 aromatic heterocycles. The molecule has 3 aromatic rings. The zero-order valence-corrected chi connectivity index (χ0v) is 16.7. The fourth-order valence-electron chi connectivity index (χ4n) is 3.25. The number of anilines is 1. The van der Waals surface area contributed by atoms with Crippen molar-refractivity contribution in [2.24, 2.45) is 0 Å². The predicted octanol–water partition coefficient (Wildman–Crippen LogP) is 5.28. The molecule has 0 spiro atoms. The summed E-state index contributed by atoms with van der Waals surface area (Å²) in [7, 11) is 3.04. The Morgan fingerprint density at radius 2 is 1.52 bits per heavy atom. The molecule has 0 radical (unpaired) electrons. The van der Waals surface area contributed by atoms with Crippen molar-refractivity contribution in [1.29, 1.82) is 0 Å². The van der Waals surface area contributed by atoms with Crippen molar-refractivity contribution in [2.75, 3.05) is 19.5 Å². The number of nitrogens with one attached hydrogen (secondary N) is 1. The molecule has 1 N–H and O–H groups in total. The molecule has 3 aromatic carbocycles. The summed E-state index contributed by atoms with van der Waals surface area (Å²) in [5, 5.41) is 3.42. The number of benzene rings is 3. The van der Waals surface area contributed by atoms with Crippen molar-refractivity contribution >= 4 is 17.7 Å². The topological polar surface area (TPSA) is 47.6 Å². The Hall–Kier alpha value is -3.53. The summed E-state index contributed by atoms with van der Waals surface area (Å²) in [6, 6.07) is 27.1. The largest absolute Gasteiger partial charge is 0.497 e. The highest BCUT2D eigenvalue weighted by Crippen LogP contribution is 2.33. The van der Waals surface area contributed by atoms with Crippen LogP contribution >= 0.6 is 0 Å². The summed E-state index contributed by atoms with van der Waals surface area (Å²) in [5.74, 6) is 0.403. The third-order valence-electron chi connectivity index (χ3n) is 4.78. The van der Waals surface area contributed by atoms with Crippen LogP contribution in [0.15, 0.2) is 91.0 Å². The Morgan fingerprint density at radius 1 is 0.897 bits per heavy atom. The highest BCUT2D eigenvalue weighted by Gasteiger charge is 2.40. The summed E-state index contributed by atoms with van der Waals surface area (Å²) in [5.41, 5.74) is 1.65. The van der Waals surface area contributed by atoms with Gasteiger partial charge in [-0.3, -0.25) is 0 Å². The van der Waals surface area contributed by atoms with E-state index in [1.54, 1.807) is 7.11 Å². The summed E-state index contributed by atoms with van der Waals surface area (Å²) in [4.78, 5) is 13.1. The quantitative estimate of drug-likeness (QED) is 0.534. The van der Waals surface area contributed by atoms with Gasteiger partial charge in [0, 0.05) is 12.1 Å². The van der Waals surface area contributed by atoms with Crippen molar-refractivity contribution < 1.29 is 14.3 Å². The van der Waals surface area contributed by atoms with E-state index in [9.17, 15) is 4.79 Å². The van der Waals surface area contributed by atoms with Crippen LogP contribution in [0.2, 0.25) is 0 Å². The molecule has 0 saturated carbocycles. The Bertz CT molecular complexity index is 937. The summed E-state index contributed by atoms with van der Waals surface area (Å²) >= 11 is 0. The Balaban J connectivity index is 1.99. The lowest BCUT2D eigenvalue weighted by Crippen LogP contribution is -2.44. The second-order valence-electron chi connectivity index (χ2n) is 6.63. The SMILES string of the molecule is COC(=O)[C@@](C/C=C/c1ccccc1)(Nc1ccc(OC)cc1)c1ccccc1. The maximum absolute atomic E-state index is 13.1. The number of methoxy groups -OCH3 is 2. The first kappa shape index (κ1) is 20.2. The third kappa shape index (κ3) is 4.85. The third-order valence-corrected chi connectivity index (χ3v) is 4.78. The van der Waals surface area contributed by atoms with E-state index in [1.807, 2.05) is 97.1 Å². The van der Waals surface area contributed by atoms with Gasteiger partial charge in [-0.2, -0.15) is 0 Å². The summed E-state index contributed by atoms with van der Waals surface area (Å²) < 4.78 is 10.5. The van der Waals surface area contributed by atoms with E-state index in [1.165, 1.54) is 7.11 Å². The molecule has 0 fully saturated rings. The molecule has 0 bridgehead atoms. The van der Waals surface area contributed by atoms with Crippen molar-refractivity contribution in [3.8, 4) is 5.75 Å². The molecule has 4 nitrogen and oxygen atoms in total. The van der Waals surface area contributed by atoms with E-state index in [0.717, 1.165) is 22.6 Å². The standard InChI is InChI=1S/C25H25NO3/c1-28-23-17-15-22(16-18-23)26-25(24(27)29-2,21-13-7-4-8-14-21)19-9-12-20-10-5-3-6-11-20/h3-18,26H,19H2,1-2H3/b12-9+/t25-/m0/s1.